The largest absolute Gasteiger partial charge is 0.494 e. The van der Waals surface area contributed by atoms with Crippen LogP contribution in [-0.4, -0.2) is 24.9 Å². The molecule has 0 spiro atoms. The Morgan fingerprint density at radius 1 is 1.23 bits per heavy atom. The zero-order valence-corrected chi connectivity index (χ0v) is 13.0. The molecule has 1 aliphatic carbocycles. The maximum atomic E-state index is 12.5. The van der Waals surface area contributed by atoms with Crippen LogP contribution in [0, 0.1) is 11.3 Å². The van der Waals surface area contributed by atoms with Crippen molar-refractivity contribution in [3.05, 3.63) is 35.0 Å². The van der Waals surface area contributed by atoms with E-state index >= 15 is 0 Å². The molecule has 4 nitrogen and oxygen atoms in total. The summed E-state index contributed by atoms with van der Waals surface area (Å²) in [6, 6.07) is 1.86. The SMILES string of the molecule is CC1(C)OB(C2=CCC=C(C#N)C(OC(F)F)=C2)OC1(C)C. The van der Waals surface area contributed by atoms with Crippen LogP contribution in [0.15, 0.2) is 35.0 Å². The fourth-order valence-corrected chi connectivity index (χ4v) is 2.14. The average molecular weight is 309 g/mol. The number of allylic oxidation sites excluding steroid dienone is 5. The Balaban J connectivity index is 2.29. The lowest BCUT2D eigenvalue weighted by Crippen LogP contribution is -2.41. The molecule has 0 aromatic carbocycles. The summed E-state index contributed by atoms with van der Waals surface area (Å²) in [5.74, 6) is -0.170. The summed E-state index contributed by atoms with van der Waals surface area (Å²) in [7, 11) is -0.687. The molecular formula is C15H18BF2NO3. The number of halogens is 2. The van der Waals surface area contributed by atoms with Gasteiger partial charge in [-0.05, 0) is 45.7 Å². The van der Waals surface area contributed by atoms with Gasteiger partial charge in [-0.25, -0.2) is 0 Å². The second-order valence-electron chi connectivity index (χ2n) is 6.14. The monoisotopic (exact) mass is 309 g/mol. The second kappa shape index (κ2) is 5.86. The van der Waals surface area contributed by atoms with Gasteiger partial charge in [0.2, 0.25) is 0 Å². The van der Waals surface area contributed by atoms with Crippen molar-refractivity contribution in [2.24, 2.45) is 0 Å². The Bertz CT molecular complexity index is 572. The first-order valence-corrected chi connectivity index (χ1v) is 6.99. The molecule has 118 valence electrons. The summed E-state index contributed by atoms with van der Waals surface area (Å²) in [5.41, 5.74) is -0.430. The Morgan fingerprint density at radius 2 is 1.82 bits per heavy atom. The normalized spacial score (nSPS) is 23.4. The van der Waals surface area contributed by atoms with Crippen LogP contribution >= 0.6 is 0 Å². The van der Waals surface area contributed by atoms with E-state index in [1.54, 1.807) is 6.08 Å². The Kier molecular flexibility index (Phi) is 4.45. The third-order valence-corrected chi connectivity index (χ3v) is 4.10. The van der Waals surface area contributed by atoms with Crippen molar-refractivity contribution in [1.82, 2.24) is 0 Å². The summed E-state index contributed by atoms with van der Waals surface area (Å²) in [6.45, 7) is 4.63. The van der Waals surface area contributed by atoms with E-state index in [4.69, 9.17) is 14.6 Å². The summed E-state index contributed by atoms with van der Waals surface area (Å²) in [4.78, 5) is 0. The first-order valence-electron chi connectivity index (χ1n) is 6.99. The maximum absolute atomic E-state index is 12.5. The molecule has 2 aliphatic rings. The molecule has 0 aromatic rings. The van der Waals surface area contributed by atoms with Gasteiger partial charge in [-0.2, -0.15) is 14.0 Å². The Morgan fingerprint density at radius 3 is 2.32 bits per heavy atom. The predicted octanol–water partition coefficient (Wildman–Crippen LogP) is 3.52. The van der Waals surface area contributed by atoms with Gasteiger partial charge in [0.05, 0.1) is 16.8 Å². The molecule has 1 saturated heterocycles. The van der Waals surface area contributed by atoms with Gasteiger partial charge in [0.25, 0.3) is 0 Å². The smallest absolute Gasteiger partial charge is 0.433 e. The number of alkyl halides is 2. The van der Waals surface area contributed by atoms with Crippen LogP contribution < -0.4 is 0 Å². The first kappa shape index (κ1) is 16.7. The van der Waals surface area contributed by atoms with Gasteiger partial charge in [0.15, 0.2) is 0 Å². The van der Waals surface area contributed by atoms with Crippen LogP contribution in [0.3, 0.4) is 0 Å². The zero-order valence-electron chi connectivity index (χ0n) is 13.0. The van der Waals surface area contributed by atoms with Crippen molar-refractivity contribution in [2.75, 3.05) is 0 Å². The quantitative estimate of drug-likeness (QED) is 0.749. The van der Waals surface area contributed by atoms with Crippen LogP contribution in [0.5, 0.6) is 0 Å². The molecule has 7 heteroatoms. The lowest BCUT2D eigenvalue weighted by molar-refractivity contribution is -0.0928. The van der Waals surface area contributed by atoms with Crippen LogP contribution in [-0.2, 0) is 14.0 Å². The molecule has 0 bridgehead atoms. The number of ether oxygens (including phenoxy) is 1. The van der Waals surface area contributed by atoms with Crippen molar-refractivity contribution < 1.29 is 22.8 Å². The number of nitrogens with zero attached hydrogens (tertiary/aromatic N) is 1. The van der Waals surface area contributed by atoms with Gasteiger partial charge in [0.1, 0.15) is 11.8 Å². The highest BCUT2D eigenvalue weighted by Gasteiger charge is 2.52. The number of hydrogen-bond acceptors (Lipinski definition) is 4. The Labute approximate surface area is 129 Å². The van der Waals surface area contributed by atoms with E-state index in [1.807, 2.05) is 33.8 Å². The van der Waals surface area contributed by atoms with Gasteiger partial charge in [-0.1, -0.05) is 12.2 Å². The fraction of sp³-hybridized carbons (Fsp3) is 0.533. The molecule has 0 aromatic heterocycles. The molecule has 0 amide bonds. The van der Waals surface area contributed by atoms with Gasteiger partial charge in [-0.3, -0.25) is 0 Å². The van der Waals surface area contributed by atoms with Crippen LogP contribution in [0.2, 0.25) is 0 Å². The molecule has 0 saturated carbocycles. The van der Waals surface area contributed by atoms with E-state index < -0.39 is 24.9 Å². The zero-order chi connectivity index (χ0) is 16.5. The Hall–Kier alpha value is -1.65. The highest BCUT2D eigenvalue weighted by Crippen LogP contribution is 2.39. The topological polar surface area (TPSA) is 51.5 Å². The molecule has 0 N–H and O–H groups in total. The molecule has 22 heavy (non-hydrogen) atoms. The van der Waals surface area contributed by atoms with Gasteiger partial charge >= 0.3 is 13.7 Å². The minimum absolute atomic E-state index is 0.0723. The van der Waals surface area contributed by atoms with Crippen molar-refractivity contribution in [3.8, 4) is 6.07 Å². The summed E-state index contributed by atoms with van der Waals surface area (Å²) < 4.78 is 41.3. The second-order valence-corrected chi connectivity index (χ2v) is 6.14. The molecule has 2 rings (SSSR count). The van der Waals surface area contributed by atoms with E-state index in [-0.39, 0.29) is 11.3 Å². The van der Waals surface area contributed by atoms with Gasteiger partial charge in [-0.15, -0.1) is 0 Å². The standard InChI is InChI=1S/C15H18BF2NO3/c1-14(2)15(3,4)22-16(21-14)11-7-5-6-10(9-19)12(8-11)20-13(17)18/h6-8,13H,5H2,1-4H3. The highest BCUT2D eigenvalue weighted by molar-refractivity contribution is 6.55. The summed E-state index contributed by atoms with van der Waals surface area (Å²) in [5, 5.41) is 9.05. The summed E-state index contributed by atoms with van der Waals surface area (Å²) in [6.07, 6.45) is 5.11. The first-order chi connectivity index (χ1) is 10.2. The number of nitriles is 1. The molecular weight excluding hydrogens is 291 g/mol. The van der Waals surface area contributed by atoms with Crippen LogP contribution in [0.25, 0.3) is 0 Å². The average Bonchev–Trinajstić information content (AvgIpc) is 2.53. The third kappa shape index (κ3) is 3.23. The highest BCUT2D eigenvalue weighted by atomic mass is 19.3. The molecule has 0 radical (unpaired) electrons. The molecule has 1 aliphatic heterocycles. The predicted molar refractivity (Wildman–Crippen MR) is 77.7 cm³/mol. The van der Waals surface area contributed by atoms with Crippen molar-refractivity contribution in [2.45, 2.75) is 51.9 Å². The molecule has 1 heterocycles. The molecule has 0 atom stereocenters. The lowest BCUT2D eigenvalue weighted by atomic mass is 9.77. The number of hydrogen-bond donors (Lipinski definition) is 0. The van der Waals surface area contributed by atoms with Crippen molar-refractivity contribution in [3.63, 3.8) is 0 Å². The van der Waals surface area contributed by atoms with E-state index in [2.05, 4.69) is 4.74 Å². The maximum Gasteiger partial charge on any atom is 0.494 e. The minimum atomic E-state index is -3.00. The minimum Gasteiger partial charge on any atom is -0.433 e. The van der Waals surface area contributed by atoms with Gasteiger partial charge < -0.3 is 14.0 Å². The van der Waals surface area contributed by atoms with E-state index in [9.17, 15) is 8.78 Å². The number of rotatable bonds is 3. The van der Waals surface area contributed by atoms with E-state index in [1.165, 1.54) is 12.2 Å². The van der Waals surface area contributed by atoms with E-state index in [0.29, 0.717) is 11.9 Å². The van der Waals surface area contributed by atoms with Crippen molar-refractivity contribution in [1.29, 1.82) is 5.26 Å². The third-order valence-electron chi connectivity index (χ3n) is 4.10. The molecule has 0 unspecified atom stereocenters. The fourth-order valence-electron chi connectivity index (χ4n) is 2.14. The molecule has 1 fully saturated rings. The lowest BCUT2D eigenvalue weighted by Gasteiger charge is -2.32. The van der Waals surface area contributed by atoms with E-state index in [0.717, 1.165) is 0 Å². The van der Waals surface area contributed by atoms with Crippen LogP contribution in [0.4, 0.5) is 8.78 Å². The summed E-state index contributed by atoms with van der Waals surface area (Å²) >= 11 is 0. The van der Waals surface area contributed by atoms with Crippen LogP contribution in [0.1, 0.15) is 34.1 Å². The van der Waals surface area contributed by atoms with Gasteiger partial charge in [0, 0.05) is 0 Å². The van der Waals surface area contributed by atoms with Crippen molar-refractivity contribution >= 4 is 7.12 Å².